The summed E-state index contributed by atoms with van der Waals surface area (Å²) in [5.74, 6) is 1.82. The van der Waals surface area contributed by atoms with Gasteiger partial charge in [0.05, 0.1) is 7.11 Å². The lowest BCUT2D eigenvalue weighted by molar-refractivity contribution is 0.279. The van der Waals surface area contributed by atoms with Gasteiger partial charge in [-0.25, -0.2) is 4.98 Å². The Labute approximate surface area is 143 Å². The number of pyridine rings is 1. The second kappa shape index (κ2) is 7.25. The van der Waals surface area contributed by atoms with Crippen molar-refractivity contribution >= 4 is 17.2 Å². The number of methoxy groups -OCH3 is 1. The highest BCUT2D eigenvalue weighted by Crippen LogP contribution is 2.28. The molecule has 0 amide bonds. The summed E-state index contributed by atoms with van der Waals surface area (Å²) in [6.45, 7) is 1.82. The number of fused-ring (bicyclic) bond motifs is 1. The molecule has 1 aromatic heterocycles. The molecule has 2 heterocycles. The van der Waals surface area contributed by atoms with Gasteiger partial charge in [-0.2, -0.15) is 0 Å². The lowest BCUT2D eigenvalue weighted by Gasteiger charge is -2.26. The van der Waals surface area contributed by atoms with E-state index in [2.05, 4.69) is 58.6 Å². The van der Waals surface area contributed by atoms with Gasteiger partial charge < -0.3 is 19.9 Å². The largest absolute Gasteiger partial charge is 0.498 e. The summed E-state index contributed by atoms with van der Waals surface area (Å²) in [6, 6.07) is 12.4. The van der Waals surface area contributed by atoms with Crippen molar-refractivity contribution in [2.45, 2.75) is 6.42 Å². The van der Waals surface area contributed by atoms with Crippen LogP contribution in [-0.2, 0) is 11.2 Å². The van der Waals surface area contributed by atoms with Gasteiger partial charge in [-0.3, -0.25) is 0 Å². The molecule has 0 saturated carbocycles. The maximum atomic E-state index is 5.29. The molecule has 0 fully saturated rings. The van der Waals surface area contributed by atoms with Crippen LogP contribution in [0.3, 0.4) is 0 Å². The molecule has 24 heavy (non-hydrogen) atoms. The molecule has 0 spiro atoms. The third-order valence-corrected chi connectivity index (χ3v) is 4.27. The van der Waals surface area contributed by atoms with Crippen LogP contribution in [0.2, 0.25) is 0 Å². The molecule has 1 aromatic carbocycles. The van der Waals surface area contributed by atoms with E-state index < -0.39 is 0 Å². The van der Waals surface area contributed by atoms with Crippen LogP contribution in [0.1, 0.15) is 5.56 Å². The highest BCUT2D eigenvalue weighted by atomic mass is 16.5. The fourth-order valence-corrected chi connectivity index (χ4v) is 2.69. The van der Waals surface area contributed by atoms with E-state index in [-0.39, 0.29) is 0 Å². The van der Waals surface area contributed by atoms with Gasteiger partial charge >= 0.3 is 0 Å². The predicted molar refractivity (Wildman–Crippen MR) is 98.3 cm³/mol. The third kappa shape index (κ3) is 3.62. The molecule has 0 bridgehead atoms. The smallest absolute Gasteiger partial charge is 0.128 e. The molecule has 125 valence electrons. The van der Waals surface area contributed by atoms with Crippen LogP contribution >= 0.6 is 0 Å². The van der Waals surface area contributed by atoms with Crippen molar-refractivity contribution in [1.29, 1.82) is 0 Å². The van der Waals surface area contributed by atoms with Crippen LogP contribution in [-0.4, -0.2) is 39.3 Å². The van der Waals surface area contributed by atoms with E-state index in [0.29, 0.717) is 0 Å². The molecule has 1 aliphatic heterocycles. The minimum absolute atomic E-state index is 0.772. The Morgan fingerprint density at radius 3 is 2.75 bits per heavy atom. The van der Waals surface area contributed by atoms with E-state index in [4.69, 9.17) is 4.74 Å². The van der Waals surface area contributed by atoms with Gasteiger partial charge in [0.25, 0.3) is 0 Å². The standard InChI is InChI=1S/C19H23N4O/c1-22(10-11-23(2)19-6-4-5-9-20-19)16-7-8-18-15(12-16)13-17(24-3)14-21-18/h4-9,12,21H,10-11,13H2,1-3H3. The first kappa shape index (κ1) is 16.2. The van der Waals surface area contributed by atoms with Crippen molar-refractivity contribution in [3.05, 3.63) is 60.1 Å². The van der Waals surface area contributed by atoms with E-state index >= 15 is 0 Å². The Balaban J connectivity index is 1.63. The Morgan fingerprint density at radius 1 is 1.17 bits per heavy atom. The SMILES string of the molecule is COC1=[C]Nc2ccc(N(C)CCN(C)c3ccccn3)cc2C1. The average Bonchev–Trinajstić information content (AvgIpc) is 2.65. The lowest BCUT2D eigenvalue weighted by atomic mass is 10.0. The number of aromatic nitrogens is 1. The maximum absolute atomic E-state index is 5.29. The minimum Gasteiger partial charge on any atom is -0.498 e. The Kier molecular flexibility index (Phi) is 4.89. The molecule has 0 unspecified atom stereocenters. The molecular formula is C19H23N4O. The quantitative estimate of drug-likeness (QED) is 0.885. The zero-order valence-electron chi connectivity index (χ0n) is 14.4. The average molecular weight is 323 g/mol. The van der Waals surface area contributed by atoms with Crippen LogP contribution in [0.15, 0.2) is 48.4 Å². The number of nitrogens with one attached hydrogen (secondary N) is 1. The van der Waals surface area contributed by atoms with Crippen molar-refractivity contribution in [3.63, 3.8) is 0 Å². The van der Waals surface area contributed by atoms with Crippen molar-refractivity contribution in [3.8, 4) is 0 Å². The van der Waals surface area contributed by atoms with E-state index in [1.165, 1.54) is 11.3 Å². The van der Waals surface area contributed by atoms with Gasteiger partial charge in [-0.15, -0.1) is 0 Å². The zero-order valence-corrected chi connectivity index (χ0v) is 14.4. The number of hydrogen-bond donors (Lipinski definition) is 1. The normalized spacial score (nSPS) is 12.7. The van der Waals surface area contributed by atoms with Gasteiger partial charge in [-0.1, -0.05) is 6.07 Å². The third-order valence-electron chi connectivity index (χ3n) is 4.27. The molecule has 1 radical (unpaired) electrons. The fourth-order valence-electron chi connectivity index (χ4n) is 2.69. The van der Waals surface area contributed by atoms with E-state index in [9.17, 15) is 0 Å². The van der Waals surface area contributed by atoms with E-state index in [0.717, 1.165) is 36.8 Å². The minimum atomic E-state index is 0.772. The van der Waals surface area contributed by atoms with Crippen molar-refractivity contribution in [2.24, 2.45) is 0 Å². The number of nitrogens with zero attached hydrogens (tertiary/aromatic N) is 3. The Hall–Kier alpha value is -2.69. The summed E-state index contributed by atoms with van der Waals surface area (Å²) in [5, 5.41) is 3.15. The fraction of sp³-hybridized carbons (Fsp3) is 0.316. The number of anilines is 3. The number of likely N-dealkylation sites (N-methyl/N-ethyl adjacent to an activating group) is 2. The molecule has 5 heteroatoms. The highest BCUT2D eigenvalue weighted by Gasteiger charge is 2.13. The van der Waals surface area contributed by atoms with Gasteiger partial charge in [0, 0.05) is 51.2 Å². The van der Waals surface area contributed by atoms with Crippen LogP contribution in [0.25, 0.3) is 0 Å². The summed E-state index contributed by atoms with van der Waals surface area (Å²) in [6.07, 6.45) is 5.64. The monoisotopic (exact) mass is 323 g/mol. The van der Waals surface area contributed by atoms with Gasteiger partial charge in [0.2, 0.25) is 0 Å². The van der Waals surface area contributed by atoms with Gasteiger partial charge in [0.15, 0.2) is 0 Å². The molecule has 5 nitrogen and oxygen atoms in total. The summed E-state index contributed by atoms with van der Waals surface area (Å²) in [4.78, 5) is 8.80. The number of ether oxygens (including phenoxy) is 1. The first-order valence-electron chi connectivity index (χ1n) is 8.05. The number of hydrogen-bond acceptors (Lipinski definition) is 5. The Morgan fingerprint density at radius 2 is 2.00 bits per heavy atom. The van der Waals surface area contributed by atoms with Crippen molar-refractivity contribution in [2.75, 3.05) is 49.4 Å². The Bertz CT molecular complexity index is 715. The lowest BCUT2D eigenvalue weighted by Crippen LogP contribution is -2.31. The maximum Gasteiger partial charge on any atom is 0.128 e. The molecule has 1 N–H and O–H groups in total. The van der Waals surface area contributed by atoms with Crippen LogP contribution < -0.4 is 15.1 Å². The molecule has 1 aliphatic rings. The summed E-state index contributed by atoms with van der Waals surface area (Å²) < 4.78 is 5.29. The van der Waals surface area contributed by atoms with Crippen LogP contribution in [0.5, 0.6) is 0 Å². The molecule has 0 saturated heterocycles. The summed E-state index contributed by atoms with van der Waals surface area (Å²) in [5.41, 5.74) is 3.52. The topological polar surface area (TPSA) is 40.6 Å². The summed E-state index contributed by atoms with van der Waals surface area (Å²) in [7, 11) is 5.86. The highest BCUT2D eigenvalue weighted by molar-refractivity contribution is 5.63. The van der Waals surface area contributed by atoms with E-state index in [1.54, 1.807) is 7.11 Å². The van der Waals surface area contributed by atoms with Crippen LogP contribution in [0, 0.1) is 6.20 Å². The first-order chi connectivity index (χ1) is 11.7. The molecule has 0 atom stereocenters. The van der Waals surface area contributed by atoms with Crippen molar-refractivity contribution in [1.82, 2.24) is 4.98 Å². The van der Waals surface area contributed by atoms with Crippen molar-refractivity contribution < 1.29 is 4.74 Å². The number of rotatable bonds is 6. The van der Waals surface area contributed by atoms with Crippen LogP contribution in [0.4, 0.5) is 17.2 Å². The second-order valence-electron chi connectivity index (χ2n) is 5.93. The molecule has 0 aliphatic carbocycles. The predicted octanol–water partition coefficient (Wildman–Crippen LogP) is 2.91. The molecular weight excluding hydrogens is 300 g/mol. The zero-order chi connectivity index (χ0) is 16.9. The molecule has 3 rings (SSSR count). The van der Waals surface area contributed by atoms with Gasteiger partial charge in [-0.05, 0) is 35.9 Å². The van der Waals surface area contributed by atoms with Gasteiger partial charge in [0.1, 0.15) is 17.8 Å². The van der Waals surface area contributed by atoms with E-state index in [1.807, 2.05) is 24.4 Å². The first-order valence-corrected chi connectivity index (χ1v) is 8.05. The molecule has 2 aromatic rings. The summed E-state index contributed by atoms with van der Waals surface area (Å²) >= 11 is 0. The number of benzene rings is 1. The number of allylic oxidation sites excluding steroid dienone is 1. The second-order valence-corrected chi connectivity index (χ2v) is 5.93.